The molecule has 0 heterocycles. The number of hydrogen-bond acceptors (Lipinski definition) is 4. The third kappa shape index (κ3) is 4.59. The van der Waals surface area contributed by atoms with Gasteiger partial charge in [-0.25, -0.2) is 4.79 Å². The van der Waals surface area contributed by atoms with Gasteiger partial charge in [0.15, 0.2) is 21.3 Å². The lowest BCUT2D eigenvalue weighted by Crippen LogP contribution is -2.43. The lowest BCUT2D eigenvalue weighted by atomic mass is 9.56. The molecule has 1 spiro atoms. The van der Waals surface area contributed by atoms with E-state index in [1.54, 1.807) is 0 Å². The van der Waals surface area contributed by atoms with Crippen LogP contribution >= 0.6 is 0 Å². The predicted octanol–water partition coefficient (Wildman–Crippen LogP) is 8.47. The summed E-state index contributed by atoms with van der Waals surface area (Å²) in [6.07, 6.45) is 7.29. The van der Waals surface area contributed by atoms with Gasteiger partial charge in [0.1, 0.15) is 22.8 Å². The molecule has 4 aliphatic carbocycles. The van der Waals surface area contributed by atoms with E-state index in [1.165, 1.54) is 33.9 Å². The second-order valence-electron chi connectivity index (χ2n) is 12.7. The van der Waals surface area contributed by atoms with Crippen molar-refractivity contribution >= 4 is 16.9 Å². The fourth-order valence-corrected chi connectivity index (χ4v) is 10.8. The number of carbonyl (C=O) groups excluding carboxylic acids is 1. The van der Waals surface area contributed by atoms with Gasteiger partial charge in [-0.05, 0) is 134 Å². The summed E-state index contributed by atoms with van der Waals surface area (Å²) in [5.74, 6) is 4.31. The van der Waals surface area contributed by atoms with Gasteiger partial charge in [-0.15, -0.1) is 0 Å². The number of benzene rings is 4. The zero-order valence-corrected chi connectivity index (χ0v) is 24.4. The van der Waals surface area contributed by atoms with Gasteiger partial charge in [-0.2, -0.15) is 0 Å². The van der Waals surface area contributed by atoms with Crippen molar-refractivity contribution < 1.29 is 19.0 Å². The number of hydrogen-bond donors (Lipinski definition) is 0. The van der Waals surface area contributed by atoms with E-state index < -0.39 is 0 Å². The van der Waals surface area contributed by atoms with E-state index in [1.807, 2.05) is 36.4 Å². The summed E-state index contributed by atoms with van der Waals surface area (Å²) in [6, 6.07) is 37.0. The normalized spacial score (nSPS) is 28.3. The fourth-order valence-electron chi connectivity index (χ4n) is 8.72. The lowest BCUT2D eigenvalue weighted by molar-refractivity contribution is -0.165. The summed E-state index contributed by atoms with van der Waals surface area (Å²) in [5.41, 5.74) is 0.279. The zero-order chi connectivity index (χ0) is 28.1. The molecule has 4 aromatic carbocycles. The third-order valence-corrected chi connectivity index (χ3v) is 12.4. The van der Waals surface area contributed by atoms with Crippen LogP contribution in [0, 0.1) is 23.2 Å². The molecular weight excluding hydrogens is 540 g/mol. The molecule has 4 fully saturated rings. The average molecular weight is 576 g/mol. The van der Waals surface area contributed by atoms with Gasteiger partial charge < -0.3 is 14.2 Å². The van der Waals surface area contributed by atoms with Gasteiger partial charge >= 0.3 is 5.97 Å². The van der Waals surface area contributed by atoms with Crippen molar-refractivity contribution in [2.45, 2.75) is 58.8 Å². The molecule has 4 aromatic rings. The Kier molecular flexibility index (Phi) is 6.33. The van der Waals surface area contributed by atoms with Crippen molar-refractivity contribution in [2.24, 2.45) is 23.2 Å². The van der Waals surface area contributed by atoms with Crippen LogP contribution in [0.15, 0.2) is 124 Å². The van der Waals surface area contributed by atoms with E-state index in [0.29, 0.717) is 11.2 Å². The molecule has 212 valence electrons. The molecular formula is C37H35O4S+. The molecule has 0 aliphatic heterocycles. The monoisotopic (exact) mass is 575 g/mol. The first-order valence-corrected chi connectivity index (χ1v) is 16.4. The topological polar surface area (TPSA) is 44.8 Å². The van der Waals surface area contributed by atoms with Crippen LogP contribution < -0.4 is 9.47 Å². The van der Waals surface area contributed by atoms with Gasteiger partial charge in [0, 0.05) is 0 Å². The number of carbonyl (C=O) groups is 1. The number of fused-ring (bicyclic) bond motifs is 2. The molecule has 4 aliphatic rings. The summed E-state index contributed by atoms with van der Waals surface area (Å²) in [6.45, 7) is -0.0556. The standard InChI is InChI=1S/C37H35O4S/c38-35(41-36-21-26-19-27-20-28(23-36)37(27,22-26)25-36)24-39-29-11-13-30(14-12-29)40-31-15-17-34(18-16-31)42(32-7-3-1-4-8-32)33-9-5-2-6-10-33/h1-18,26-28H,19-25H2/q+1. The first-order valence-electron chi connectivity index (χ1n) is 15.1. The molecule has 0 radical (unpaired) electrons. The maximum atomic E-state index is 12.8. The molecule has 5 unspecified atom stereocenters. The van der Waals surface area contributed by atoms with Crippen LogP contribution in [0.5, 0.6) is 17.2 Å². The van der Waals surface area contributed by atoms with Crippen LogP contribution in [-0.4, -0.2) is 18.2 Å². The van der Waals surface area contributed by atoms with E-state index in [-0.39, 0.29) is 29.1 Å². The first kappa shape index (κ1) is 26.0. The second-order valence-corrected chi connectivity index (χ2v) is 14.7. The second kappa shape index (κ2) is 10.2. The Labute approximate surface area is 250 Å². The summed E-state index contributed by atoms with van der Waals surface area (Å²) >= 11 is 0. The van der Waals surface area contributed by atoms with Crippen molar-refractivity contribution in [3.05, 3.63) is 109 Å². The maximum Gasteiger partial charge on any atom is 0.344 e. The highest BCUT2D eigenvalue weighted by Gasteiger charge is 2.72. The Morgan fingerprint density at radius 3 is 1.93 bits per heavy atom. The van der Waals surface area contributed by atoms with Crippen LogP contribution in [0.25, 0.3) is 0 Å². The highest BCUT2D eigenvalue weighted by atomic mass is 32.2. The highest BCUT2D eigenvalue weighted by molar-refractivity contribution is 7.97. The smallest absolute Gasteiger partial charge is 0.344 e. The average Bonchev–Trinajstić information content (AvgIpc) is 3.33. The molecule has 0 N–H and O–H groups in total. The minimum absolute atomic E-state index is 0.0556. The first-order chi connectivity index (χ1) is 20.6. The molecule has 0 amide bonds. The minimum atomic E-state index is -0.240. The Hall–Kier alpha value is -3.70. The Bertz CT molecular complexity index is 1530. The van der Waals surface area contributed by atoms with Crippen LogP contribution in [0.4, 0.5) is 0 Å². The molecule has 5 heteroatoms. The Balaban J connectivity index is 0.883. The molecule has 0 aromatic heterocycles. The maximum absolute atomic E-state index is 12.8. The van der Waals surface area contributed by atoms with Crippen LogP contribution in [-0.2, 0) is 20.4 Å². The van der Waals surface area contributed by atoms with Crippen molar-refractivity contribution in [1.29, 1.82) is 0 Å². The van der Waals surface area contributed by atoms with Gasteiger partial charge in [0.25, 0.3) is 0 Å². The Morgan fingerprint density at radius 1 is 0.667 bits per heavy atom. The Morgan fingerprint density at radius 2 is 1.26 bits per heavy atom. The summed E-state index contributed by atoms with van der Waals surface area (Å²) in [4.78, 5) is 16.6. The van der Waals surface area contributed by atoms with E-state index in [2.05, 4.69) is 72.8 Å². The molecule has 4 nitrogen and oxygen atoms in total. The van der Waals surface area contributed by atoms with E-state index in [9.17, 15) is 4.79 Å². The summed E-state index contributed by atoms with van der Waals surface area (Å²) < 4.78 is 18.1. The molecule has 42 heavy (non-hydrogen) atoms. The van der Waals surface area contributed by atoms with Gasteiger partial charge in [0.2, 0.25) is 0 Å². The van der Waals surface area contributed by atoms with E-state index in [0.717, 1.165) is 48.5 Å². The SMILES string of the molecule is O=C(COc1ccc(Oc2ccc([S+](c3ccccc3)c3ccccc3)cc2)cc1)OC12CC3CC4CC(C1)C4(C3)C2. The minimum Gasteiger partial charge on any atom is -0.482 e. The van der Waals surface area contributed by atoms with Gasteiger partial charge in [0.05, 0.1) is 10.9 Å². The van der Waals surface area contributed by atoms with Crippen LogP contribution in [0.1, 0.15) is 38.5 Å². The predicted molar refractivity (Wildman–Crippen MR) is 163 cm³/mol. The van der Waals surface area contributed by atoms with Crippen molar-refractivity contribution in [3.63, 3.8) is 0 Å². The summed E-state index contributed by atoms with van der Waals surface area (Å²) in [5, 5.41) is 0. The van der Waals surface area contributed by atoms with Gasteiger partial charge in [-0.1, -0.05) is 36.4 Å². The van der Waals surface area contributed by atoms with Gasteiger partial charge in [-0.3, -0.25) is 0 Å². The molecule has 0 saturated heterocycles. The largest absolute Gasteiger partial charge is 0.482 e. The van der Waals surface area contributed by atoms with Crippen molar-refractivity contribution in [2.75, 3.05) is 6.61 Å². The zero-order valence-electron chi connectivity index (χ0n) is 23.6. The molecule has 5 atom stereocenters. The van der Waals surface area contributed by atoms with Crippen LogP contribution in [0.2, 0.25) is 0 Å². The van der Waals surface area contributed by atoms with Crippen LogP contribution in [0.3, 0.4) is 0 Å². The quantitative estimate of drug-likeness (QED) is 0.148. The molecule has 3 bridgehead atoms. The molecule has 8 rings (SSSR count). The van der Waals surface area contributed by atoms with E-state index >= 15 is 0 Å². The number of esters is 1. The number of ether oxygens (including phenoxy) is 3. The number of rotatable bonds is 9. The lowest BCUT2D eigenvalue weighted by Gasteiger charge is -2.49. The molecule has 4 saturated carbocycles. The highest BCUT2D eigenvalue weighted by Crippen LogP contribution is 2.77. The third-order valence-electron chi connectivity index (χ3n) is 10.2. The van der Waals surface area contributed by atoms with Crippen molar-refractivity contribution in [1.82, 2.24) is 0 Å². The van der Waals surface area contributed by atoms with E-state index in [4.69, 9.17) is 14.2 Å². The fraction of sp³-hybridized carbons (Fsp3) is 0.324. The van der Waals surface area contributed by atoms with Crippen molar-refractivity contribution in [3.8, 4) is 17.2 Å². The summed E-state index contributed by atoms with van der Waals surface area (Å²) in [7, 11) is -0.193.